The van der Waals surface area contributed by atoms with Gasteiger partial charge in [-0.2, -0.15) is 0 Å². The number of rotatable bonds is 1. The van der Waals surface area contributed by atoms with Crippen molar-refractivity contribution in [2.45, 2.75) is 6.42 Å². The molecule has 8 heavy (non-hydrogen) atoms. The highest BCUT2D eigenvalue weighted by molar-refractivity contribution is 7.77. The lowest BCUT2D eigenvalue weighted by Crippen LogP contribution is -1.86. The summed E-state index contributed by atoms with van der Waals surface area (Å²) in [5, 5.41) is 8.39. The van der Waals surface area contributed by atoms with E-state index in [1.54, 1.807) is 0 Å². The molecule has 0 saturated heterocycles. The molecule has 1 atom stereocenters. The summed E-state index contributed by atoms with van der Waals surface area (Å²) in [7, 11) is -0.768. The van der Waals surface area contributed by atoms with Gasteiger partial charge in [0.15, 0.2) is 0 Å². The fourth-order valence-corrected chi connectivity index (χ4v) is 1.95. The van der Waals surface area contributed by atoms with E-state index in [4.69, 9.17) is 5.11 Å². The first kappa shape index (κ1) is 5.77. The molecule has 0 saturated carbocycles. The average molecular weight is 130 g/mol. The Morgan fingerprint density at radius 3 is 2.75 bits per heavy atom. The van der Waals surface area contributed by atoms with Crippen LogP contribution in [0.15, 0.2) is 11.9 Å². The third kappa shape index (κ3) is 1.07. The SMILES string of the molecule is O=C(O)P1C=CCC1. The van der Waals surface area contributed by atoms with Crippen molar-refractivity contribution in [2.75, 3.05) is 6.16 Å². The van der Waals surface area contributed by atoms with Gasteiger partial charge in [0.05, 0.1) is 0 Å². The second-order valence-electron chi connectivity index (χ2n) is 1.65. The minimum atomic E-state index is -0.768. The van der Waals surface area contributed by atoms with Crippen molar-refractivity contribution in [1.82, 2.24) is 0 Å². The van der Waals surface area contributed by atoms with Crippen molar-refractivity contribution in [3.63, 3.8) is 0 Å². The Morgan fingerprint density at radius 2 is 2.50 bits per heavy atom. The molecule has 1 N–H and O–H groups in total. The molecule has 0 bridgehead atoms. The number of hydrogen-bond donors (Lipinski definition) is 1. The first-order valence-corrected chi connectivity index (χ1v) is 4.06. The fraction of sp³-hybridized carbons (Fsp3) is 0.400. The second-order valence-corrected chi connectivity index (χ2v) is 3.72. The quantitative estimate of drug-likeness (QED) is 0.551. The molecule has 0 aromatic rings. The molecule has 44 valence electrons. The molecule has 3 heteroatoms. The Balaban J connectivity index is 2.48. The Labute approximate surface area is 49.0 Å². The zero-order chi connectivity index (χ0) is 5.98. The van der Waals surface area contributed by atoms with Gasteiger partial charge in [-0.05, 0) is 12.6 Å². The van der Waals surface area contributed by atoms with E-state index in [9.17, 15) is 4.79 Å². The predicted octanol–water partition coefficient (Wildman–Crippen LogP) is 2.06. The van der Waals surface area contributed by atoms with E-state index in [0.29, 0.717) is 0 Å². The van der Waals surface area contributed by atoms with Gasteiger partial charge in [-0.3, -0.25) is 0 Å². The van der Waals surface area contributed by atoms with Crippen molar-refractivity contribution < 1.29 is 9.90 Å². The number of carbonyl (C=O) groups is 1. The van der Waals surface area contributed by atoms with E-state index < -0.39 is 13.6 Å². The molecule has 1 rings (SSSR count). The van der Waals surface area contributed by atoms with Gasteiger partial charge >= 0.3 is 5.71 Å². The van der Waals surface area contributed by atoms with Crippen LogP contribution in [0.4, 0.5) is 4.79 Å². The average Bonchev–Trinajstić information content (AvgIpc) is 2.12. The van der Waals surface area contributed by atoms with Gasteiger partial charge in [0.2, 0.25) is 0 Å². The maximum atomic E-state index is 10.2. The largest absolute Gasteiger partial charge is 0.478 e. The van der Waals surface area contributed by atoms with Crippen molar-refractivity contribution >= 4 is 13.6 Å². The highest BCUT2D eigenvalue weighted by Crippen LogP contribution is 2.42. The van der Waals surface area contributed by atoms with Gasteiger partial charge in [0.25, 0.3) is 0 Å². The Bertz CT molecular complexity index is 130. The minimum Gasteiger partial charge on any atom is -0.478 e. The number of carboxylic acid groups (broad SMARTS) is 1. The first-order chi connectivity index (χ1) is 3.80. The molecule has 2 nitrogen and oxygen atoms in total. The van der Waals surface area contributed by atoms with Crippen LogP contribution in [-0.4, -0.2) is 17.0 Å². The van der Waals surface area contributed by atoms with Crippen molar-refractivity contribution in [1.29, 1.82) is 0 Å². The Hall–Kier alpha value is -0.360. The standard InChI is InChI=1S/C5H7O2P/c6-5(7)8-3-1-2-4-8/h1,3H,2,4H2,(H,6,7). The molecule has 0 amide bonds. The lowest BCUT2D eigenvalue weighted by molar-refractivity contribution is 0.221. The summed E-state index contributed by atoms with van der Waals surface area (Å²) in [4.78, 5) is 10.2. The van der Waals surface area contributed by atoms with Crippen LogP contribution < -0.4 is 0 Å². The molecule has 0 aromatic heterocycles. The normalized spacial score (nSPS) is 26.2. The van der Waals surface area contributed by atoms with Crippen LogP contribution >= 0.6 is 7.92 Å². The van der Waals surface area contributed by atoms with Gasteiger partial charge in [-0.25, -0.2) is 4.79 Å². The van der Waals surface area contributed by atoms with E-state index in [0.717, 1.165) is 12.6 Å². The minimum absolute atomic E-state index is 0.631. The van der Waals surface area contributed by atoms with Crippen LogP contribution in [0.1, 0.15) is 6.42 Å². The highest BCUT2D eigenvalue weighted by atomic mass is 31.1. The first-order valence-electron chi connectivity index (χ1n) is 2.47. The lowest BCUT2D eigenvalue weighted by atomic mass is 10.5. The van der Waals surface area contributed by atoms with Crippen LogP contribution in [0.5, 0.6) is 0 Å². The highest BCUT2D eigenvalue weighted by Gasteiger charge is 2.15. The zero-order valence-electron chi connectivity index (χ0n) is 4.37. The fourth-order valence-electron chi connectivity index (χ4n) is 0.649. The third-order valence-electron chi connectivity index (χ3n) is 1.07. The van der Waals surface area contributed by atoms with Gasteiger partial charge in [-0.1, -0.05) is 11.9 Å². The molecule has 1 unspecified atom stereocenters. The van der Waals surface area contributed by atoms with Gasteiger partial charge in [0.1, 0.15) is 0 Å². The zero-order valence-corrected chi connectivity index (χ0v) is 5.27. The molecule has 1 aliphatic rings. The van der Waals surface area contributed by atoms with Gasteiger partial charge in [0, 0.05) is 7.92 Å². The van der Waals surface area contributed by atoms with Crippen LogP contribution in [0.25, 0.3) is 0 Å². The van der Waals surface area contributed by atoms with Gasteiger partial charge < -0.3 is 5.11 Å². The number of allylic oxidation sites excluding steroid dienone is 1. The molecule has 1 heterocycles. The summed E-state index contributed by atoms with van der Waals surface area (Å²) in [6.45, 7) is 0. The molecule has 0 fully saturated rings. The summed E-state index contributed by atoms with van der Waals surface area (Å²) < 4.78 is 0. The molecule has 0 aliphatic carbocycles. The van der Waals surface area contributed by atoms with Crippen molar-refractivity contribution in [2.24, 2.45) is 0 Å². The molecule has 1 aliphatic heterocycles. The molecule has 0 radical (unpaired) electrons. The monoisotopic (exact) mass is 130 g/mol. The van der Waals surface area contributed by atoms with Crippen LogP contribution in [-0.2, 0) is 0 Å². The van der Waals surface area contributed by atoms with E-state index in [-0.39, 0.29) is 0 Å². The van der Waals surface area contributed by atoms with Crippen LogP contribution in [0.2, 0.25) is 0 Å². The van der Waals surface area contributed by atoms with E-state index in [1.807, 2.05) is 11.9 Å². The van der Waals surface area contributed by atoms with E-state index in [1.165, 1.54) is 0 Å². The predicted molar refractivity (Wildman–Crippen MR) is 33.6 cm³/mol. The molecule has 0 spiro atoms. The van der Waals surface area contributed by atoms with Crippen LogP contribution in [0.3, 0.4) is 0 Å². The lowest BCUT2D eigenvalue weighted by Gasteiger charge is -1.96. The second kappa shape index (κ2) is 2.27. The Morgan fingerprint density at radius 1 is 1.75 bits per heavy atom. The summed E-state index contributed by atoms with van der Waals surface area (Å²) in [6, 6.07) is 0. The molecular formula is C5H7O2P. The maximum Gasteiger partial charge on any atom is 0.327 e. The maximum absolute atomic E-state index is 10.2. The van der Waals surface area contributed by atoms with E-state index >= 15 is 0 Å². The summed E-state index contributed by atoms with van der Waals surface area (Å²) in [5.74, 6) is 1.82. The van der Waals surface area contributed by atoms with Crippen LogP contribution in [0, 0.1) is 0 Å². The topological polar surface area (TPSA) is 37.3 Å². The van der Waals surface area contributed by atoms with Gasteiger partial charge in [-0.15, -0.1) is 0 Å². The molecular weight excluding hydrogens is 123 g/mol. The van der Waals surface area contributed by atoms with Crippen molar-refractivity contribution in [3.8, 4) is 0 Å². The van der Waals surface area contributed by atoms with Crippen molar-refractivity contribution in [3.05, 3.63) is 11.9 Å². The third-order valence-corrected chi connectivity index (χ3v) is 2.87. The summed E-state index contributed by atoms with van der Waals surface area (Å²) in [5.41, 5.74) is -0.631. The molecule has 0 aromatic carbocycles. The summed E-state index contributed by atoms with van der Waals surface area (Å²) in [6.07, 6.45) is 3.75. The van der Waals surface area contributed by atoms with E-state index in [2.05, 4.69) is 0 Å². The smallest absolute Gasteiger partial charge is 0.327 e. The Kier molecular flexibility index (Phi) is 1.64. The number of hydrogen-bond acceptors (Lipinski definition) is 1. The summed E-state index contributed by atoms with van der Waals surface area (Å²) >= 11 is 0.